The van der Waals surface area contributed by atoms with E-state index in [-0.39, 0.29) is 5.56 Å². The number of rotatable bonds is 6. The standard InChI is InChI=1S/C27H21F3N2O2/c1-2-22(17-6-4-3-5-7-17)26(19-10-12-24-21(14-19)16-31-32-24)20-9-8-18(11-13-25(33)34)23(15-20)27(28,29)30/h3-16H,2H2,1H3,(H,31,32)(H,33,34). The van der Waals surface area contributed by atoms with Gasteiger partial charge in [0.1, 0.15) is 0 Å². The molecule has 0 bridgehead atoms. The molecule has 0 saturated heterocycles. The van der Waals surface area contributed by atoms with Gasteiger partial charge in [0.05, 0.1) is 17.3 Å². The van der Waals surface area contributed by atoms with Crippen LogP contribution in [-0.4, -0.2) is 21.3 Å². The highest BCUT2D eigenvalue weighted by atomic mass is 19.4. The number of nitrogens with zero attached hydrogens (tertiary/aromatic N) is 1. The molecule has 0 fully saturated rings. The van der Waals surface area contributed by atoms with Crippen molar-refractivity contribution in [3.05, 3.63) is 107 Å². The lowest BCUT2D eigenvalue weighted by Gasteiger charge is -2.19. The van der Waals surface area contributed by atoms with E-state index in [1.807, 2.05) is 55.5 Å². The van der Waals surface area contributed by atoms with Gasteiger partial charge in [0, 0.05) is 11.5 Å². The minimum absolute atomic E-state index is 0.207. The van der Waals surface area contributed by atoms with Crippen molar-refractivity contribution >= 4 is 34.1 Å². The van der Waals surface area contributed by atoms with Crippen molar-refractivity contribution in [3.8, 4) is 0 Å². The van der Waals surface area contributed by atoms with Gasteiger partial charge in [-0.05, 0) is 64.1 Å². The zero-order valence-corrected chi connectivity index (χ0v) is 18.2. The van der Waals surface area contributed by atoms with E-state index in [4.69, 9.17) is 5.11 Å². The maximum Gasteiger partial charge on any atom is 0.417 e. The van der Waals surface area contributed by atoms with E-state index in [1.54, 1.807) is 12.3 Å². The fourth-order valence-corrected chi connectivity index (χ4v) is 4.04. The van der Waals surface area contributed by atoms with Crippen LogP contribution in [0.2, 0.25) is 0 Å². The highest BCUT2D eigenvalue weighted by molar-refractivity contribution is 6.00. The smallest absolute Gasteiger partial charge is 0.417 e. The van der Waals surface area contributed by atoms with Gasteiger partial charge in [0.15, 0.2) is 0 Å². The second-order valence-corrected chi connectivity index (χ2v) is 7.72. The molecule has 0 amide bonds. The van der Waals surface area contributed by atoms with Crippen LogP contribution in [0.15, 0.2) is 79.0 Å². The summed E-state index contributed by atoms with van der Waals surface area (Å²) in [5, 5.41) is 16.7. The van der Waals surface area contributed by atoms with Crippen molar-refractivity contribution < 1.29 is 23.1 Å². The third-order valence-corrected chi connectivity index (χ3v) is 5.56. The van der Waals surface area contributed by atoms with Crippen molar-refractivity contribution in [3.63, 3.8) is 0 Å². The van der Waals surface area contributed by atoms with Gasteiger partial charge in [0.25, 0.3) is 0 Å². The van der Waals surface area contributed by atoms with Gasteiger partial charge in [-0.3, -0.25) is 5.10 Å². The summed E-state index contributed by atoms with van der Waals surface area (Å²) in [7, 11) is 0. The molecule has 4 aromatic rings. The van der Waals surface area contributed by atoms with E-state index in [2.05, 4.69) is 10.2 Å². The Hall–Kier alpha value is -4.13. The average molecular weight is 462 g/mol. The minimum Gasteiger partial charge on any atom is -0.478 e. The molecule has 0 atom stereocenters. The van der Waals surface area contributed by atoms with Crippen molar-refractivity contribution in [1.29, 1.82) is 0 Å². The summed E-state index contributed by atoms with van der Waals surface area (Å²) in [6, 6.07) is 19.2. The normalized spacial score (nSPS) is 12.8. The number of carbonyl (C=O) groups is 1. The lowest BCUT2D eigenvalue weighted by molar-refractivity contribution is -0.138. The number of aromatic amines is 1. The molecule has 0 saturated carbocycles. The lowest BCUT2D eigenvalue weighted by atomic mass is 9.86. The Morgan fingerprint density at radius 3 is 2.38 bits per heavy atom. The molecule has 0 radical (unpaired) electrons. The molecule has 2 N–H and O–H groups in total. The van der Waals surface area contributed by atoms with Gasteiger partial charge in [-0.15, -0.1) is 0 Å². The van der Waals surface area contributed by atoms with Crippen LogP contribution in [0.25, 0.3) is 28.1 Å². The average Bonchev–Trinajstić information content (AvgIpc) is 3.29. The Morgan fingerprint density at radius 1 is 1.00 bits per heavy atom. The molecular weight excluding hydrogens is 441 g/mol. The van der Waals surface area contributed by atoms with Crippen LogP contribution in [0.5, 0.6) is 0 Å². The van der Waals surface area contributed by atoms with Gasteiger partial charge in [-0.25, -0.2) is 4.79 Å². The van der Waals surface area contributed by atoms with E-state index < -0.39 is 17.7 Å². The highest BCUT2D eigenvalue weighted by Crippen LogP contribution is 2.39. The molecule has 0 spiro atoms. The lowest BCUT2D eigenvalue weighted by Crippen LogP contribution is -2.09. The first kappa shape index (κ1) is 23.0. The van der Waals surface area contributed by atoms with Crippen LogP contribution in [0.3, 0.4) is 0 Å². The van der Waals surface area contributed by atoms with Crippen molar-refractivity contribution in [2.75, 3.05) is 0 Å². The van der Waals surface area contributed by atoms with Crippen LogP contribution in [0.4, 0.5) is 13.2 Å². The SMILES string of the molecule is CCC(=C(c1ccc(C=CC(=O)O)c(C(F)(F)F)c1)c1ccc2[nH]ncc2c1)c1ccccc1. The summed E-state index contributed by atoms with van der Waals surface area (Å²) >= 11 is 0. The second-order valence-electron chi connectivity index (χ2n) is 7.72. The van der Waals surface area contributed by atoms with Crippen molar-refractivity contribution in [1.82, 2.24) is 10.2 Å². The number of nitrogens with one attached hydrogen (secondary N) is 1. The first-order chi connectivity index (χ1) is 16.3. The summed E-state index contributed by atoms with van der Waals surface area (Å²) < 4.78 is 41.9. The summed E-state index contributed by atoms with van der Waals surface area (Å²) in [4.78, 5) is 10.9. The third-order valence-electron chi connectivity index (χ3n) is 5.56. The minimum atomic E-state index is -4.66. The van der Waals surface area contributed by atoms with Gasteiger partial charge in [-0.1, -0.05) is 55.5 Å². The summed E-state index contributed by atoms with van der Waals surface area (Å²) in [6.07, 6.45) is -0.730. The van der Waals surface area contributed by atoms with E-state index in [1.165, 1.54) is 6.07 Å². The first-order valence-electron chi connectivity index (χ1n) is 10.6. The number of benzene rings is 3. The van der Waals surface area contributed by atoms with Gasteiger partial charge < -0.3 is 5.11 Å². The van der Waals surface area contributed by atoms with Crippen molar-refractivity contribution in [2.45, 2.75) is 19.5 Å². The topological polar surface area (TPSA) is 66.0 Å². The molecule has 1 heterocycles. The number of fused-ring (bicyclic) bond motifs is 1. The van der Waals surface area contributed by atoms with Crippen LogP contribution < -0.4 is 0 Å². The summed E-state index contributed by atoms with van der Waals surface area (Å²) in [6.45, 7) is 1.97. The number of allylic oxidation sites excluding steroid dienone is 1. The Bertz CT molecular complexity index is 1400. The molecule has 0 aliphatic carbocycles. The van der Waals surface area contributed by atoms with Gasteiger partial charge >= 0.3 is 12.1 Å². The number of hydrogen-bond donors (Lipinski definition) is 2. The number of carboxylic acid groups (broad SMARTS) is 1. The molecular formula is C27H21F3N2O2. The molecule has 0 aliphatic rings. The van der Waals surface area contributed by atoms with Crippen LogP contribution in [0.1, 0.15) is 41.2 Å². The first-order valence-corrected chi connectivity index (χ1v) is 10.6. The number of alkyl halides is 3. The number of aromatic nitrogens is 2. The predicted molar refractivity (Wildman–Crippen MR) is 127 cm³/mol. The quantitative estimate of drug-likeness (QED) is 0.238. The molecule has 0 unspecified atom stereocenters. The largest absolute Gasteiger partial charge is 0.478 e. The van der Waals surface area contributed by atoms with Gasteiger partial charge in [-0.2, -0.15) is 18.3 Å². The van der Waals surface area contributed by atoms with Crippen molar-refractivity contribution in [2.24, 2.45) is 0 Å². The van der Waals surface area contributed by atoms with E-state index in [0.29, 0.717) is 23.6 Å². The molecule has 4 nitrogen and oxygen atoms in total. The molecule has 7 heteroatoms. The van der Waals surface area contributed by atoms with Crippen LogP contribution in [0, 0.1) is 0 Å². The Morgan fingerprint density at radius 2 is 1.71 bits per heavy atom. The second kappa shape index (κ2) is 9.39. The van der Waals surface area contributed by atoms with E-state index in [9.17, 15) is 18.0 Å². The maximum absolute atomic E-state index is 14.0. The summed E-state index contributed by atoms with van der Waals surface area (Å²) in [5.41, 5.74) is 3.36. The molecule has 34 heavy (non-hydrogen) atoms. The van der Waals surface area contributed by atoms with Gasteiger partial charge in [0.2, 0.25) is 0 Å². The number of halogens is 3. The number of H-pyrrole nitrogens is 1. The Balaban J connectivity index is 2.01. The van der Waals surface area contributed by atoms with Crippen LogP contribution >= 0.6 is 0 Å². The number of hydrogen-bond acceptors (Lipinski definition) is 2. The molecule has 0 aliphatic heterocycles. The van der Waals surface area contributed by atoms with E-state index >= 15 is 0 Å². The Labute approximate surface area is 194 Å². The fourth-order valence-electron chi connectivity index (χ4n) is 4.04. The molecule has 3 aromatic carbocycles. The fraction of sp³-hybridized carbons (Fsp3) is 0.111. The Kier molecular flexibility index (Phi) is 6.36. The third kappa shape index (κ3) is 4.78. The zero-order valence-electron chi connectivity index (χ0n) is 18.2. The monoisotopic (exact) mass is 462 g/mol. The number of aliphatic carboxylic acids is 1. The van der Waals surface area contributed by atoms with Crippen LogP contribution in [-0.2, 0) is 11.0 Å². The highest BCUT2D eigenvalue weighted by Gasteiger charge is 2.33. The molecule has 4 rings (SSSR count). The zero-order chi connectivity index (χ0) is 24.3. The molecule has 172 valence electrons. The predicted octanol–water partition coefficient (Wildman–Crippen LogP) is 7.05. The summed E-state index contributed by atoms with van der Waals surface area (Å²) in [5.74, 6) is -1.32. The maximum atomic E-state index is 14.0. The van der Waals surface area contributed by atoms with E-state index in [0.717, 1.165) is 39.7 Å². The molecule has 1 aromatic heterocycles. The number of carboxylic acids is 1.